The summed E-state index contributed by atoms with van der Waals surface area (Å²) in [5, 5.41) is 4.87. The number of fused-ring (bicyclic) bond motifs is 1. The van der Waals surface area contributed by atoms with Crippen LogP contribution < -0.4 is 14.8 Å². The first-order chi connectivity index (χ1) is 9.65. The zero-order chi connectivity index (χ0) is 14.1. The minimum Gasteiger partial charge on any atom is -0.454 e. The van der Waals surface area contributed by atoms with Gasteiger partial charge in [-0.2, -0.15) is 0 Å². The van der Waals surface area contributed by atoms with Crippen molar-refractivity contribution < 1.29 is 9.47 Å². The first-order valence-corrected chi connectivity index (χ1v) is 7.04. The van der Waals surface area contributed by atoms with E-state index in [1.54, 1.807) is 18.2 Å². The Balaban J connectivity index is 1.81. The van der Waals surface area contributed by atoms with Gasteiger partial charge < -0.3 is 14.8 Å². The van der Waals surface area contributed by atoms with Crippen LogP contribution in [0.2, 0.25) is 15.1 Å². The molecule has 20 heavy (non-hydrogen) atoms. The normalized spacial score (nSPS) is 12.6. The predicted octanol–water partition coefficient (Wildman–Crippen LogP) is 4.99. The van der Waals surface area contributed by atoms with Gasteiger partial charge in [-0.25, -0.2) is 0 Å². The van der Waals surface area contributed by atoms with Crippen LogP contribution in [0.3, 0.4) is 0 Å². The van der Waals surface area contributed by atoms with Crippen LogP contribution in [0.15, 0.2) is 30.3 Å². The van der Waals surface area contributed by atoms with Crippen molar-refractivity contribution >= 4 is 40.5 Å². The van der Waals surface area contributed by atoms with E-state index in [0.29, 0.717) is 38.8 Å². The average molecular weight is 331 g/mol. The molecular weight excluding hydrogens is 321 g/mol. The molecule has 0 aromatic heterocycles. The maximum atomic E-state index is 6.13. The van der Waals surface area contributed by atoms with Crippen molar-refractivity contribution in [2.45, 2.75) is 6.54 Å². The van der Waals surface area contributed by atoms with E-state index in [2.05, 4.69) is 5.32 Å². The van der Waals surface area contributed by atoms with Crippen LogP contribution in [-0.4, -0.2) is 6.79 Å². The molecule has 0 amide bonds. The fraction of sp³-hybridized carbons (Fsp3) is 0.143. The summed E-state index contributed by atoms with van der Waals surface area (Å²) in [6, 6.07) is 9.07. The molecule has 0 bridgehead atoms. The largest absolute Gasteiger partial charge is 0.454 e. The topological polar surface area (TPSA) is 30.5 Å². The molecular formula is C14H10Cl3NO2. The van der Waals surface area contributed by atoms with E-state index in [-0.39, 0.29) is 6.79 Å². The molecule has 0 aliphatic carbocycles. The second-order valence-corrected chi connectivity index (χ2v) is 5.48. The number of para-hydroxylation sites is 1. The van der Waals surface area contributed by atoms with Gasteiger partial charge in [0, 0.05) is 6.54 Å². The second-order valence-electron chi connectivity index (χ2n) is 4.26. The molecule has 104 valence electrons. The molecule has 1 N–H and O–H groups in total. The highest BCUT2D eigenvalue weighted by Gasteiger charge is 2.18. The summed E-state index contributed by atoms with van der Waals surface area (Å²) in [6.07, 6.45) is 0. The Morgan fingerprint density at radius 3 is 2.50 bits per heavy atom. The van der Waals surface area contributed by atoms with Crippen molar-refractivity contribution in [1.29, 1.82) is 0 Å². The Labute approximate surface area is 131 Å². The van der Waals surface area contributed by atoms with Gasteiger partial charge in [0.1, 0.15) is 0 Å². The Bertz CT molecular complexity index is 641. The molecule has 3 nitrogen and oxygen atoms in total. The van der Waals surface area contributed by atoms with Crippen molar-refractivity contribution in [3.63, 3.8) is 0 Å². The maximum absolute atomic E-state index is 6.13. The Kier molecular flexibility index (Phi) is 3.83. The summed E-state index contributed by atoms with van der Waals surface area (Å²) in [5.74, 6) is 1.24. The number of nitrogens with one attached hydrogen (secondary N) is 1. The lowest BCUT2D eigenvalue weighted by atomic mass is 10.2. The number of rotatable bonds is 3. The highest BCUT2D eigenvalue weighted by Crippen LogP contribution is 2.40. The van der Waals surface area contributed by atoms with Crippen molar-refractivity contribution in [3.05, 3.63) is 51.0 Å². The summed E-state index contributed by atoms with van der Waals surface area (Å²) in [7, 11) is 0. The number of anilines is 1. The van der Waals surface area contributed by atoms with Crippen LogP contribution in [0, 0.1) is 0 Å². The third-order valence-electron chi connectivity index (χ3n) is 2.92. The van der Waals surface area contributed by atoms with Gasteiger partial charge in [-0.3, -0.25) is 0 Å². The lowest BCUT2D eigenvalue weighted by Gasteiger charge is -2.11. The summed E-state index contributed by atoms with van der Waals surface area (Å²) >= 11 is 18.3. The van der Waals surface area contributed by atoms with Gasteiger partial charge in [-0.1, -0.05) is 40.9 Å². The smallest absolute Gasteiger partial charge is 0.231 e. The Hall–Kier alpha value is -1.29. The van der Waals surface area contributed by atoms with Crippen molar-refractivity contribution in [1.82, 2.24) is 0 Å². The number of hydrogen-bond acceptors (Lipinski definition) is 3. The van der Waals surface area contributed by atoms with Gasteiger partial charge in [0.15, 0.2) is 11.5 Å². The molecule has 6 heteroatoms. The molecule has 1 aliphatic rings. The van der Waals surface area contributed by atoms with Crippen LogP contribution in [0.1, 0.15) is 5.56 Å². The molecule has 0 saturated carbocycles. The Morgan fingerprint density at radius 1 is 1.00 bits per heavy atom. The highest BCUT2D eigenvalue weighted by molar-refractivity contribution is 6.39. The van der Waals surface area contributed by atoms with E-state index in [1.165, 1.54) is 0 Å². The fourth-order valence-electron chi connectivity index (χ4n) is 1.98. The average Bonchev–Trinajstić information content (AvgIpc) is 2.87. The zero-order valence-electron chi connectivity index (χ0n) is 10.3. The molecule has 0 spiro atoms. The van der Waals surface area contributed by atoms with Gasteiger partial charge in [0.2, 0.25) is 6.79 Å². The summed E-state index contributed by atoms with van der Waals surface area (Å²) in [5.41, 5.74) is 1.65. The Morgan fingerprint density at radius 2 is 1.75 bits per heavy atom. The molecule has 1 heterocycles. The fourth-order valence-corrected chi connectivity index (χ4v) is 2.80. The predicted molar refractivity (Wildman–Crippen MR) is 81.4 cm³/mol. The summed E-state index contributed by atoms with van der Waals surface area (Å²) in [4.78, 5) is 0. The first kappa shape index (κ1) is 13.7. The molecule has 0 saturated heterocycles. The van der Waals surface area contributed by atoms with Crippen LogP contribution in [0.4, 0.5) is 5.69 Å². The van der Waals surface area contributed by atoms with Crippen molar-refractivity contribution in [2.24, 2.45) is 0 Å². The van der Waals surface area contributed by atoms with E-state index < -0.39 is 0 Å². The molecule has 1 aliphatic heterocycles. The second kappa shape index (κ2) is 5.60. The molecule has 2 aromatic rings. The number of halogens is 3. The molecule has 0 unspecified atom stereocenters. The van der Waals surface area contributed by atoms with Gasteiger partial charge >= 0.3 is 0 Å². The van der Waals surface area contributed by atoms with Crippen LogP contribution in [0.25, 0.3) is 0 Å². The molecule has 3 rings (SSSR count). The summed E-state index contributed by atoms with van der Waals surface area (Å²) in [6.45, 7) is 0.724. The first-order valence-electron chi connectivity index (χ1n) is 5.91. The van der Waals surface area contributed by atoms with E-state index in [4.69, 9.17) is 44.3 Å². The minimum atomic E-state index is 0.197. The maximum Gasteiger partial charge on any atom is 0.231 e. The van der Waals surface area contributed by atoms with E-state index >= 15 is 0 Å². The van der Waals surface area contributed by atoms with Crippen LogP contribution in [-0.2, 0) is 6.54 Å². The molecule has 0 fully saturated rings. The summed E-state index contributed by atoms with van der Waals surface area (Å²) < 4.78 is 10.6. The lowest BCUT2D eigenvalue weighted by molar-refractivity contribution is 0.174. The lowest BCUT2D eigenvalue weighted by Crippen LogP contribution is -2.00. The van der Waals surface area contributed by atoms with Gasteiger partial charge in [0.25, 0.3) is 0 Å². The van der Waals surface area contributed by atoms with Gasteiger partial charge in [0.05, 0.1) is 20.8 Å². The van der Waals surface area contributed by atoms with Crippen molar-refractivity contribution in [2.75, 3.05) is 12.1 Å². The van der Waals surface area contributed by atoms with E-state index in [9.17, 15) is 0 Å². The molecule has 2 aromatic carbocycles. The van der Waals surface area contributed by atoms with Crippen LogP contribution >= 0.6 is 34.8 Å². The van der Waals surface area contributed by atoms with E-state index in [0.717, 1.165) is 5.56 Å². The number of ether oxygens (including phenoxy) is 2. The third kappa shape index (κ3) is 2.62. The quantitative estimate of drug-likeness (QED) is 0.860. The number of benzene rings is 2. The van der Waals surface area contributed by atoms with Crippen LogP contribution in [0.5, 0.6) is 11.5 Å². The third-order valence-corrected chi connectivity index (χ3v) is 3.83. The minimum absolute atomic E-state index is 0.197. The van der Waals surface area contributed by atoms with Crippen molar-refractivity contribution in [3.8, 4) is 11.5 Å². The van der Waals surface area contributed by atoms with Gasteiger partial charge in [-0.15, -0.1) is 0 Å². The van der Waals surface area contributed by atoms with E-state index in [1.807, 2.05) is 12.1 Å². The highest BCUT2D eigenvalue weighted by atomic mass is 35.5. The number of hydrogen-bond donors (Lipinski definition) is 1. The zero-order valence-corrected chi connectivity index (χ0v) is 12.5. The SMILES string of the molecule is Clc1cccc(Cl)c1NCc1cc(Cl)c2c(c1)OCO2. The monoisotopic (exact) mass is 329 g/mol. The molecule has 0 radical (unpaired) electrons. The molecule has 0 atom stereocenters. The van der Waals surface area contributed by atoms with Gasteiger partial charge in [-0.05, 0) is 29.8 Å². The standard InChI is InChI=1S/C14H10Cl3NO2/c15-9-2-1-3-10(16)13(9)18-6-8-4-11(17)14-12(5-8)19-7-20-14/h1-5,18H,6-7H2.